The first kappa shape index (κ1) is 59.3. The average molecular weight is 739 g/mol. The molecule has 0 saturated heterocycles. The molecule has 0 rings (SSSR count). The van der Waals surface area contributed by atoms with Crippen molar-refractivity contribution in [1.29, 1.82) is 0 Å². The minimum atomic E-state index is -4.40. The number of unbranched alkanes of at least 4 members (excludes halogenated alkanes) is 2. The third-order valence-corrected chi connectivity index (χ3v) is 4.77. The molecule has 0 aliphatic carbocycles. The Morgan fingerprint density at radius 1 is 0.479 bits per heavy atom. The van der Waals surface area contributed by atoms with Gasteiger partial charge in [0, 0.05) is 14.6 Å². The van der Waals surface area contributed by atoms with E-state index in [1.54, 1.807) is 0 Å². The highest BCUT2D eigenvalue weighted by atomic mass is 19.4. The molecule has 0 fully saturated rings. The van der Waals surface area contributed by atoms with Crippen LogP contribution in [0.4, 0.5) is 52.7 Å². The van der Waals surface area contributed by atoms with E-state index in [9.17, 15) is 52.7 Å². The van der Waals surface area contributed by atoms with Crippen molar-refractivity contribution in [3.63, 3.8) is 0 Å². The topological polar surface area (TPSA) is 0 Å². The number of hydrogen-bond donors (Lipinski definition) is 0. The zero-order valence-electron chi connectivity index (χ0n) is 35.9. The van der Waals surface area contributed by atoms with Crippen LogP contribution in [0.2, 0.25) is 0 Å². The minimum absolute atomic E-state index is 0.170. The lowest BCUT2D eigenvalue weighted by Crippen LogP contribution is -2.28. The van der Waals surface area contributed by atoms with Crippen molar-refractivity contribution in [2.45, 2.75) is 195 Å². The fraction of sp³-hybridized carbons (Fsp3) is 1.00. The second-order valence-corrected chi connectivity index (χ2v) is 14.2. The Kier molecular flexibility index (Phi) is 42.8. The molecule has 0 spiro atoms. The summed E-state index contributed by atoms with van der Waals surface area (Å²) < 4.78 is 150. The maximum atomic E-state index is 11.6. The molecule has 0 nitrogen and oxygen atoms in total. The lowest BCUT2D eigenvalue weighted by atomic mass is 9.96. The summed E-state index contributed by atoms with van der Waals surface area (Å²) in [7, 11) is 0. The molecule has 0 bridgehead atoms. The van der Waals surface area contributed by atoms with Crippen LogP contribution in [0.1, 0.15) is 173 Å². The molecule has 0 aliphatic rings. The summed E-state index contributed by atoms with van der Waals surface area (Å²) in [6, 6.07) is 0. The molecule has 1 atom stereocenters. The summed E-state index contributed by atoms with van der Waals surface area (Å²) in [6.45, 7) is 33.1. The number of hydrogen-bond acceptors (Lipinski definition) is 0. The lowest BCUT2D eigenvalue weighted by molar-refractivity contribution is -0.204. The van der Waals surface area contributed by atoms with Crippen molar-refractivity contribution in [3.05, 3.63) is 0 Å². The van der Waals surface area contributed by atoms with Crippen LogP contribution >= 0.6 is 0 Å². The first-order valence-corrected chi connectivity index (χ1v) is 16.6. The molecule has 0 amide bonds. The van der Waals surface area contributed by atoms with Gasteiger partial charge in [0.2, 0.25) is 0 Å². The first-order valence-electron chi connectivity index (χ1n) is 17.6. The van der Waals surface area contributed by atoms with Gasteiger partial charge in [0.1, 0.15) is 0 Å². The third kappa shape index (κ3) is 85.1. The van der Waals surface area contributed by atoms with E-state index in [0.717, 1.165) is 60.3 Å². The predicted molar refractivity (Wildman–Crippen MR) is 184 cm³/mol. The second kappa shape index (κ2) is 34.6. The highest BCUT2D eigenvalue weighted by Crippen LogP contribution is 2.36. The number of alkyl halides is 12. The third-order valence-electron chi connectivity index (χ3n) is 4.77. The van der Waals surface area contributed by atoms with E-state index in [4.69, 9.17) is 2.74 Å². The van der Waals surface area contributed by atoms with E-state index in [1.807, 2.05) is 20.8 Å². The molecule has 0 aromatic rings. The van der Waals surface area contributed by atoms with Gasteiger partial charge in [-0.05, 0) is 24.2 Å². The van der Waals surface area contributed by atoms with Gasteiger partial charge in [-0.15, -0.1) is 0 Å². The Labute approximate surface area is 291 Å². The molecule has 1 unspecified atom stereocenters. The van der Waals surface area contributed by atoms with Crippen LogP contribution in [0.5, 0.6) is 0 Å². The Bertz CT molecular complexity index is 614. The Morgan fingerprint density at radius 2 is 0.667 bits per heavy atom. The van der Waals surface area contributed by atoms with Gasteiger partial charge in [-0.2, -0.15) is 52.7 Å². The number of halogens is 12. The Hall–Kier alpha value is -0.840. The van der Waals surface area contributed by atoms with E-state index in [1.165, 1.54) is 39.5 Å². The molecule has 0 aliphatic heterocycles. The molecule has 0 saturated carbocycles. The minimum Gasteiger partial charge on any atom is -0.171 e. The predicted octanol–water partition coefficient (Wildman–Crippen LogP) is 17.2. The molecule has 0 N–H and O–H groups in total. The van der Waals surface area contributed by atoms with E-state index >= 15 is 0 Å². The summed E-state index contributed by atoms with van der Waals surface area (Å²) in [4.78, 5) is 0. The van der Waals surface area contributed by atoms with Gasteiger partial charge < -0.3 is 0 Å². The standard InChI is InChI=1S/2C5H9F3.2C5H12.2C4H7F3.2C4H10/c1-4(2,3)5(6,7)8;1-3-4(2)5(6,7)8;1-4-5(2)3;1-3-5-4-2;2*1-3(2)4(5,6)7;2*1-4(2)3/h1-3H3;4H,3H2,1-2H3;5H,4H2,1-3H3;3-5H2,1-2H3;2*3H,1-2H3;2*4H,1-3H3/i;;;;3D;;4D;. The molecule has 12 heteroatoms. The van der Waals surface area contributed by atoms with Gasteiger partial charge in [0.25, 0.3) is 0 Å². The van der Waals surface area contributed by atoms with E-state index in [0.29, 0.717) is 0 Å². The van der Waals surface area contributed by atoms with Crippen molar-refractivity contribution in [1.82, 2.24) is 0 Å². The summed E-state index contributed by atoms with van der Waals surface area (Å²) in [6.07, 6.45) is -10.9. The van der Waals surface area contributed by atoms with Crippen molar-refractivity contribution < 1.29 is 55.4 Å². The highest BCUT2D eigenvalue weighted by Gasteiger charge is 2.43. The zero-order valence-corrected chi connectivity index (χ0v) is 33.9. The first-order chi connectivity index (χ1) is 21.3. The SMILES string of the molecule is CC(C)(C)C(F)(F)F.CC(C)C.CC(C)C(F)(F)F.CCC(C)C.CCC(C)C(F)(F)F.CCCCC.[2H]C(C)(C)C.[2H]C(C)(C)C(F)(F)F. The largest absolute Gasteiger partial charge is 0.393 e. The highest BCUT2D eigenvalue weighted by molar-refractivity contribution is 4.70. The van der Waals surface area contributed by atoms with Gasteiger partial charge >= 0.3 is 24.7 Å². The molecular weight excluding hydrogens is 660 g/mol. The molecule has 0 aromatic heterocycles. The van der Waals surface area contributed by atoms with Crippen molar-refractivity contribution >= 4 is 0 Å². The van der Waals surface area contributed by atoms with Gasteiger partial charge in [-0.3, -0.25) is 0 Å². The van der Waals surface area contributed by atoms with Crippen LogP contribution in [-0.2, 0) is 0 Å². The van der Waals surface area contributed by atoms with Crippen molar-refractivity contribution in [3.8, 4) is 0 Å². The summed E-state index contributed by atoms with van der Waals surface area (Å²) in [5.74, 6) is -3.20. The molecule has 48 heavy (non-hydrogen) atoms. The van der Waals surface area contributed by atoms with Gasteiger partial charge in [0.05, 0.1) is 11.3 Å². The Balaban J connectivity index is -0.0000000680. The number of rotatable bonds is 4. The van der Waals surface area contributed by atoms with Crippen LogP contribution in [0.25, 0.3) is 0 Å². The summed E-state index contributed by atoms with van der Waals surface area (Å²) >= 11 is 0. The maximum Gasteiger partial charge on any atom is 0.393 e. The molecule has 0 radical (unpaired) electrons. The van der Waals surface area contributed by atoms with Gasteiger partial charge in [0.15, 0.2) is 0 Å². The lowest BCUT2D eigenvalue weighted by Gasteiger charge is -2.21. The van der Waals surface area contributed by atoms with Crippen molar-refractivity contribution in [2.75, 3.05) is 0 Å². The van der Waals surface area contributed by atoms with E-state index in [2.05, 4.69) is 55.4 Å². The second-order valence-electron chi connectivity index (χ2n) is 14.2. The quantitative estimate of drug-likeness (QED) is 0.252. The molecule has 304 valence electrons. The summed E-state index contributed by atoms with van der Waals surface area (Å²) in [5.41, 5.74) is -1.56. The normalized spacial score (nSPS) is 13.2. The monoisotopic (exact) mass is 739 g/mol. The van der Waals surface area contributed by atoms with Crippen LogP contribution < -0.4 is 0 Å². The van der Waals surface area contributed by atoms with Crippen LogP contribution in [0.15, 0.2) is 0 Å². The fourth-order valence-corrected chi connectivity index (χ4v) is 0.585. The zero-order chi connectivity index (χ0) is 43.3. The van der Waals surface area contributed by atoms with Gasteiger partial charge in [-0.1, -0.05) is 164 Å². The maximum absolute atomic E-state index is 11.6. The smallest absolute Gasteiger partial charge is 0.171 e. The van der Waals surface area contributed by atoms with Gasteiger partial charge in [-0.25, -0.2) is 0 Å². The summed E-state index contributed by atoms with van der Waals surface area (Å²) in [5, 5.41) is 0. The van der Waals surface area contributed by atoms with Crippen molar-refractivity contribution in [2.24, 2.45) is 40.9 Å². The van der Waals surface area contributed by atoms with E-state index < -0.39 is 47.8 Å². The molecular formula is C36H76F12. The average Bonchev–Trinajstić information content (AvgIpc) is 2.81. The molecule has 0 aromatic carbocycles. The Morgan fingerprint density at radius 3 is 0.667 bits per heavy atom. The van der Waals surface area contributed by atoms with Crippen LogP contribution in [0, 0.1) is 40.9 Å². The fourth-order valence-electron chi connectivity index (χ4n) is 0.585. The van der Waals surface area contributed by atoms with E-state index in [-0.39, 0.29) is 12.3 Å². The van der Waals surface area contributed by atoms with Crippen LogP contribution in [-0.4, -0.2) is 24.7 Å². The van der Waals surface area contributed by atoms with Crippen LogP contribution in [0.3, 0.4) is 0 Å². The molecule has 0 heterocycles.